The maximum absolute atomic E-state index is 10.9. The SMILES string of the molecule is CC(c1cccs1)N(C)c1ccc([N+](=O)[O-])c(CO)c1. The van der Waals surface area contributed by atoms with E-state index >= 15 is 0 Å². The van der Waals surface area contributed by atoms with E-state index in [0.717, 1.165) is 5.69 Å². The summed E-state index contributed by atoms with van der Waals surface area (Å²) < 4.78 is 0. The van der Waals surface area contributed by atoms with Crippen LogP contribution in [0.2, 0.25) is 0 Å². The van der Waals surface area contributed by atoms with E-state index < -0.39 is 4.92 Å². The molecule has 0 fully saturated rings. The molecule has 1 aromatic heterocycles. The second-order valence-electron chi connectivity index (χ2n) is 4.53. The first-order valence-electron chi connectivity index (χ1n) is 6.19. The fraction of sp³-hybridized carbons (Fsp3) is 0.286. The molecule has 2 rings (SSSR count). The second kappa shape index (κ2) is 6.02. The number of nitrogens with zero attached hydrogens (tertiary/aromatic N) is 2. The smallest absolute Gasteiger partial charge is 0.275 e. The van der Waals surface area contributed by atoms with Crippen LogP contribution >= 0.6 is 11.3 Å². The molecule has 20 heavy (non-hydrogen) atoms. The highest BCUT2D eigenvalue weighted by atomic mass is 32.1. The second-order valence-corrected chi connectivity index (χ2v) is 5.51. The van der Waals surface area contributed by atoms with Crippen LogP contribution in [-0.2, 0) is 6.61 Å². The van der Waals surface area contributed by atoms with Gasteiger partial charge in [0.05, 0.1) is 23.1 Å². The number of aliphatic hydroxyl groups is 1. The van der Waals surface area contributed by atoms with Crippen molar-refractivity contribution in [2.24, 2.45) is 0 Å². The Balaban J connectivity index is 2.31. The van der Waals surface area contributed by atoms with Gasteiger partial charge in [-0.3, -0.25) is 10.1 Å². The van der Waals surface area contributed by atoms with Crippen molar-refractivity contribution in [1.29, 1.82) is 0 Å². The summed E-state index contributed by atoms with van der Waals surface area (Å²) in [7, 11) is 1.94. The summed E-state index contributed by atoms with van der Waals surface area (Å²) in [6.07, 6.45) is 0. The molecule has 1 aromatic carbocycles. The molecule has 0 saturated carbocycles. The van der Waals surface area contributed by atoms with Crippen molar-refractivity contribution in [2.75, 3.05) is 11.9 Å². The van der Waals surface area contributed by atoms with Crippen molar-refractivity contribution < 1.29 is 10.0 Å². The molecule has 1 heterocycles. The predicted octanol–water partition coefficient (Wildman–Crippen LogP) is 3.35. The zero-order valence-electron chi connectivity index (χ0n) is 11.3. The lowest BCUT2D eigenvalue weighted by atomic mass is 10.1. The quantitative estimate of drug-likeness (QED) is 0.678. The van der Waals surface area contributed by atoms with Crippen molar-refractivity contribution in [1.82, 2.24) is 0 Å². The number of rotatable bonds is 5. The number of hydrogen-bond acceptors (Lipinski definition) is 5. The first-order chi connectivity index (χ1) is 9.54. The van der Waals surface area contributed by atoms with E-state index in [9.17, 15) is 15.2 Å². The molecule has 0 radical (unpaired) electrons. The standard InChI is InChI=1S/C14H16N2O3S/c1-10(14-4-3-7-20-14)15(2)12-5-6-13(16(18)19)11(8-12)9-17/h3-8,10,17H,9H2,1-2H3. The number of anilines is 1. The minimum Gasteiger partial charge on any atom is -0.391 e. The van der Waals surface area contributed by atoms with Gasteiger partial charge < -0.3 is 10.0 Å². The van der Waals surface area contributed by atoms with Crippen LogP contribution in [0.1, 0.15) is 23.4 Å². The van der Waals surface area contributed by atoms with E-state index in [1.165, 1.54) is 10.9 Å². The number of benzene rings is 1. The van der Waals surface area contributed by atoms with E-state index in [0.29, 0.717) is 5.56 Å². The van der Waals surface area contributed by atoms with Gasteiger partial charge in [0.1, 0.15) is 0 Å². The molecule has 0 saturated heterocycles. The van der Waals surface area contributed by atoms with Gasteiger partial charge in [0.15, 0.2) is 0 Å². The largest absolute Gasteiger partial charge is 0.391 e. The Morgan fingerprint density at radius 1 is 1.45 bits per heavy atom. The number of nitro benzene ring substituents is 1. The minimum absolute atomic E-state index is 0.0478. The number of aliphatic hydroxyl groups excluding tert-OH is 1. The van der Waals surface area contributed by atoms with Crippen molar-refractivity contribution in [2.45, 2.75) is 19.6 Å². The third-order valence-electron chi connectivity index (χ3n) is 3.37. The van der Waals surface area contributed by atoms with E-state index in [-0.39, 0.29) is 18.3 Å². The van der Waals surface area contributed by atoms with Gasteiger partial charge in [-0.2, -0.15) is 0 Å². The Kier molecular flexibility index (Phi) is 4.36. The summed E-state index contributed by atoms with van der Waals surface area (Å²) in [6, 6.07) is 9.05. The molecular formula is C14H16N2O3S. The summed E-state index contributed by atoms with van der Waals surface area (Å²) in [6.45, 7) is 1.73. The zero-order valence-corrected chi connectivity index (χ0v) is 12.1. The summed E-state index contributed by atoms with van der Waals surface area (Å²) in [5, 5.41) is 22.2. The zero-order chi connectivity index (χ0) is 14.7. The van der Waals surface area contributed by atoms with Gasteiger partial charge >= 0.3 is 0 Å². The highest BCUT2D eigenvalue weighted by Crippen LogP contribution is 2.31. The van der Waals surface area contributed by atoms with Crippen LogP contribution in [0.25, 0.3) is 0 Å². The lowest BCUT2D eigenvalue weighted by Gasteiger charge is -2.26. The molecule has 0 bridgehead atoms. The van der Waals surface area contributed by atoms with E-state index in [1.54, 1.807) is 23.5 Å². The summed E-state index contributed by atoms with van der Waals surface area (Å²) in [5.41, 5.74) is 1.13. The van der Waals surface area contributed by atoms with Gasteiger partial charge in [-0.1, -0.05) is 6.07 Å². The predicted molar refractivity (Wildman–Crippen MR) is 80.2 cm³/mol. The number of thiophene rings is 1. The topological polar surface area (TPSA) is 66.6 Å². The molecule has 106 valence electrons. The number of hydrogen-bond donors (Lipinski definition) is 1. The highest BCUT2D eigenvalue weighted by Gasteiger charge is 2.18. The molecule has 6 heteroatoms. The van der Waals surface area contributed by atoms with Crippen LogP contribution in [0.15, 0.2) is 35.7 Å². The fourth-order valence-electron chi connectivity index (χ4n) is 2.04. The van der Waals surface area contributed by atoms with Crippen LogP contribution in [0.4, 0.5) is 11.4 Å². The third-order valence-corrected chi connectivity index (χ3v) is 4.42. The summed E-state index contributed by atoms with van der Waals surface area (Å²) >= 11 is 1.67. The number of nitro groups is 1. The van der Waals surface area contributed by atoms with Gasteiger partial charge in [0.2, 0.25) is 0 Å². The van der Waals surface area contributed by atoms with Gasteiger partial charge in [-0.15, -0.1) is 11.3 Å². The molecular weight excluding hydrogens is 276 g/mol. The van der Waals surface area contributed by atoms with Crippen LogP contribution in [0, 0.1) is 10.1 Å². The molecule has 5 nitrogen and oxygen atoms in total. The van der Waals surface area contributed by atoms with Gasteiger partial charge in [-0.05, 0) is 30.5 Å². The first kappa shape index (κ1) is 14.5. The van der Waals surface area contributed by atoms with Gasteiger partial charge in [-0.25, -0.2) is 0 Å². The Morgan fingerprint density at radius 2 is 2.20 bits per heavy atom. The van der Waals surface area contributed by atoms with Crippen molar-refractivity contribution in [3.05, 3.63) is 56.3 Å². The van der Waals surface area contributed by atoms with E-state index in [1.807, 2.05) is 23.4 Å². The van der Waals surface area contributed by atoms with E-state index in [4.69, 9.17) is 0 Å². The molecule has 0 aliphatic carbocycles. The third kappa shape index (κ3) is 2.81. The van der Waals surface area contributed by atoms with Crippen LogP contribution in [0.3, 0.4) is 0 Å². The molecule has 1 atom stereocenters. The monoisotopic (exact) mass is 292 g/mol. The molecule has 1 N–H and O–H groups in total. The maximum atomic E-state index is 10.9. The average molecular weight is 292 g/mol. The van der Waals surface area contributed by atoms with Crippen LogP contribution < -0.4 is 4.90 Å². The molecule has 0 aliphatic heterocycles. The molecule has 1 unspecified atom stereocenters. The Bertz CT molecular complexity index is 598. The summed E-state index contributed by atoms with van der Waals surface area (Å²) in [5.74, 6) is 0. The Hall–Kier alpha value is -1.92. The first-order valence-corrected chi connectivity index (χ1v) is 7.07. The van der Waals surface area contributed by atoms with E-state index in [2.05, 4.69) is 13.0 Å². The van der Waals surface area contributed by atoms with Crippen molar-refractivity contribution >= 4 is 22.7 Å². The maximum Gasteiger partial charge on any atom is 0.275 e. The normalized spacial score (nSPS) is 12.2. The Morgan fingerprint density at radius 3 is 2.75 bits per heavy atom. The van der Waals surface area contributed by atoms with Crippen LogP contribution in [-0.4, -0.2) is 17.1 Å². The Labute approximate surface area is 121 Å². The van der Waals surface area contributed by atoms with Gasteiger partial charge in [0, 0.05) is 23.7 Å². The molecule has 0 amide bonds. The summed E-state index contributed by atoms with van der Waals surface area (Å²) in [4.78, 5) is 13.6. The van der Waals surface area contributed by atoms with Gasteiger partial charge in [0.25, 0.3) is 5.69 Å². The molecule has 0 spiro atoms. The minimum atomic E-state index is -0.474. The van der Waals surface area contributed by atoms with Crippen LogP contribution in [0.5, 0.6) is 0 Å². The lowest BCUT2D eigenvalue weighted by molar-refractivity contribution is -0.385. The molecule has 2 aromatic rings. The highest BCUT2D eigenvalue weighted by molar-refractivity contribution is 7.10. The molecule has 0 aliphatic rings. The van der Waals surface area contributed by atoms with Crippen molar-refractivity contribution in [3.63, 3.8) is 0 Å². The fourth-order valence-corrected chi connectivity index (χ4v) is 2.87. The average Bonchev–Trinajstić information content (AvgIpc) is 2.99. The van der Waals surface area contributed by atoms with Crippen molar-refractivity contribution in [3.8, 4) is 0 Å². The lowest BCUT2D eigenvalue weighted by Crippen LogP contribution is -2.21.